The van der Waals surface area contributed by atoms with E-state index in [2.05, 4.69) is 41.1 Å². The van der Waals surface area contributed by atoms with Gasteiger partial charge < -0.3 is 10.1 Å². The molecule has 0 saturated carbocycles. The summed E-state index contributed by atoms with van der Waals surface area (Å²) in [5.74, 6) is 2.09. The number of amides is 1. The number of hydrogen-bond donors (Lipinski definition) is 1. The van der Waals surface area contributed by atoms with Crippen molar-refractivity contribution >= 4 is 17.7 Å². The molecule has 1 aromatic heterocycles. The molecule has 31 heavy (non-hydrogen) atoms. The van der Waals surface area contributed by atoms with E-state index in [1.807, 2.05) is 47.0 Å². The van der Waals surface area contributed by atoms with Crippen molar-refractivity contribution in [1.82, 2.24) is 20.1 Å². The SMILES string of the molecule is C=CCn1c(SCC(=O)NCC(CC)c2ccccc2)nnc1-c1ccc(OC)cc1. The second-order valence-electron chi connectivity index (χ2n) is 7.04. The molecule has 7 heteroatoms. The van der Waals surface area contributed by atoms with Crippen LogP contribution >= 0.6 is 11.8 Å². The van der Waals surface area contributed by atoms with Crippen molar-refractivity contribution in [2.75, 3.05) is 19.4 Å². The Morgan fingerprint density at radius 2 is 1.94 bits per heavy atom. The van der Waals surface area contributed by atoms with Crippen LogP contribution in [0, 0.1) is 0 Å². The average molecular weight is 437 g/mol. The zero-order chi connectivity index (χ0) is 22.1. The van der Waals surface area contributed by atoms with E-state index < -0.39 is 0 Å². The van der Waals surface area contributed by atoms with Crippen molar-refractivity contribution in [2.24, 2.45) is 0 Å². The zero-order valence-electron chi connectivity index (χ0n) is 18.0. The lowest BCUT2D eigenvalue weighted by atomic mass is 9.96. The molecule has 0 fully saturated rings. The molecule has 6 nitrogen and oxygen atoms in total. The minimum absolute atomic E-state index is 0.0152. The maximum Gasteiger partial charge on any atom is 0.230 e. The van der Waals surface area contributed by atoms with Crippen LogP contribution in [0.1, 0.15) is 24.8 Å². The van der Waals surface area contributed by atoms with Crippen LogP contribution in [0.5, 0.6) is 5.75 Å². The Balaban J connectivity index is 1.62. The summed E-state index contributed by atoms with van der Waals surface area (Å²) in [4.78, 5) is 12.5. The highest BCUT2D eigenvalue weighted by Gasteiger charge is 2.16. The molecule has 1 amide bonds. The summed E-state index contributed by atoms with van der Waals surface area (Å²) < 4.78 is 7.19. The van der Waals surface area contributed by atoms with Crippen molar-refractivity contribution in [3.8, 4) is 17.1 Å². The first-order chi connectivity index (χ1) is 15.2. The van der Waals surface area contributed by atoms with Gasteiger partial charge in [-0.15, -0.1) is 16.8 Å². The number of carbonyl (C=O) groups excluding carboxylic acids is 1. The van der Waals surface area contributed by atoms with Crippen LogP contribution in [0.25, 0.3) is 11.4 Å². The van der Waals surface area contributed by atoms with Crippen LogP contribution in [-0.2, 0) is 11.3 Å². The molecule has 1 heterocycles. The summed E-state index contributed by atoms with van der Waals surface area (Å²) in [6, 6.07) is 17.9. The van der Waals surface area contributed by atoms with E-state index in [4.69, 9.17) is 4.74 Å². The maximum absolute atomic E-state index is 12.5. The number of nitrogens with one attached hydrogen (secondary N) is 1. The lowest BCUT2D eigenvalue weighted by Crippen LogP contribution is -2.29. The van der Waals surface area contributed by atoms with E-state index in [0.29, 0.717) is 24.2 Å². The molecule has 162 valence electrons. The second-order valence-corrected chi connectivity index (χ2v) is 7.99. The molecule has 1 N–H and O–H groups in total. The molecule has 0 saturated heterocycles. The molecule has 0 spiro atoms. The van der Waals surface area contributed by atoms with Crippen LogP contribution in [0.4, 0.5) is 0 Å². The molecule has 3 aromatic rings. The molecule has 0 aliphatic rings. The molecule has 0 radical (unpaired) electrons. The summed E-state index contributed by atoms with van der Waals surface area (Å²) in [5.41, 5.74) is 2.17. The number of rotatable bonds is 11. The molecule has 0 aliphatic carbocycles. The van der Waals surface area contributed by atoms with Crippen molar-refractivity contribution in [3.05, 3.63) is 72.8 Å². The highest BCUT2D eigenvalue weighted by atomic mass is 32.2. The number of carbonyl (C=O) groups is 1. The Labute approximate surface area is 187 Å². The fourth-order valence-electron chi connectivity index (χ4n) is 3.28. The molecule has 0 aliphatic heterocycles. The summed E-state index contributed by atoms with van der Waals surface area (Å²) in [6.45, 7) is 7.15. The number of benzene rings is 2. The first-order valence-corrected chi connectivity index (χ1v) is 11.3. The summed E-state index contributed by atoms with van der Waals surface area (Å²) in [5, 5.41) is 12.4. The van der Waals surface area contributed by atoms with Crippen molar-refractivity contribution in [1.29, 1.82) is 0 Å². The number of thioether (sulfide) groups is 1. The third-order valence-corrected chi connectivity index (χ3v) is 5.99. The minimum Gasteiger partial charge on any atom is -0.497 e. The Morgan fingerprint density at radius 3 is 2.58 bits per heavy atom. The van der Waals surface area contributed by atoms with Gasteiger partial charge in [0.2, 0.25) is 5.91 Å². The van der Waals surface area contributed by atoms with Gasteiger partial charge in [-0.25, -0.2) is 0 Å². The fourth-order valence-corrected chi connectivity index (χ4v) is 4.06. The van der Waals surface area contributed by atoms with Crippen LogP contribution in [0.3, 0.4) is 0 Å². The van der Waals surface area contributed by atoms with Gasteiger partial charge in [0, 0.05) is 24.6 Å². The van der Waals surface area contributed by atoms with Crippen LogP contribution < -0.4 is 10.1 Å². The Bertz CT molecular complexity index is 987. The number of allylic oxidation sites excluding steroid dienone is 1. The van der Waals surface area contributed by atoms with E-state index in [0.717, 1.165) is 23.6 Å². The van der Waals surface area contributed by atoms with Gasteiger partial charge in [-0.1, -0.05) is 55.1 Å². The molecule has 1 atom stereocenters. The third-order valence-electron chi connectivity index (χ3n) is 5.02. The number of nitrogens with zero attached hydrogens (tertiary/aromatic N) is 3. The van der Waals surface area contributed by atoms with Crippen LogP contribution in [0.2, 0.25) is 0 Å². The van der Waals surface area contributed by atoms with Gasteiger partial charge >= 0.3 is 0 Å². The predicted octanol–water partition coefficient (Wildman–Crippen LogP) is 4.54. The standard InChI is InChI=1S/C24H28N4O2S/c1-4-15-28-23(20-11-13-21(30-3)14-12-20)26-27-24(28)31-17-22(29)25-16-18(5-2)19-9-7-6-8-10-19/h4,6-14,18H,1,5,15-17H2,2-3H3,(H,25,29). The summed E-state index contributed by atoms with van der Waals surface area (Å²) in [7, 11) is 1.64. The van der Waals surface area contributed by atoms with Crippen molar-refractivity contribution in [3.63, 3.8) is 0 Å². The normalized spacial score (nSPS) is 11.7. The first kappa shape index (κ1) is 22.6. The van der Waals surface area contributed by atoms with E-state index in [1.165, 1.54) is 17.3 Å². The molecule has 0 bridgehead atoms. The third kappa shape index (κ3) is 5.98. The van der Waals surface area contributed by atoms with E-state index >= 15 is 0 Å². The molecule has 2 aromatic carbocycles. The van der Waals surface area contributed by atoms with Gasteiger partial charge in [0.05, 0.1) is 12.9 Å². The molecular formula is C24H28N4O2S. The van der Waals surface area contributed by atoms with E-state index in [9.17, 15) is 4.79 Å². The molecule has 1 unspecified atom stereocenters. The van der Waals surface area contributed by atoms with Crippen molar-refractivity contribution in [2.45, 2.75) is 31.0 Å². The largest absolute Gasteiger partial charge is 0.497 e. The van der Waals surface area contributed by atoms with Crippen molar-refractivity contribution < 1.29 is 9.53 Å². The maximum atomic E-state index is 12.5. The highest BCUT2D eigenvalue weighted by Crippen LogP contribution is 2.26. The summed E-state index contributed by atoms with van der Waals surface area (Å²) in [6.07, 6.45) is 2.77. The predicted molar refractivity (Wildman–Crippen MR) is 125 cm³/mol. The summed E-state index contributed by atoms with van der Waals surface area (Å²) >= 11 is 1.38. The van der Waals surface area contributed by atoms with E-state index in [1.54, 1.807) is 13.2 Å². The van der Waals surface area contributed by atoms with Gasteiger partial charge in [0.25, 0.3) is 0 Å². The minimum atomic E-state index is -0.0152. The lowest BCUT2D eigenvalue weighted by Gasteiger charge is -2.16. The fraction of sp³-hybridized carbons (Fsp3) is 0.292. The Kier molecular flexibility index (Phi) is 8.29. The average Bonchev–Trinajstić information content (AvgIpc) is 3.21. The van der Waals surface area contributed by atoms with Crippen LogP contribution in [0.15, 0.2) is 72.4 Å². The van der Waals surface area contributed by atoms with Gasteiger partial charge in [0.15, 0.2) is 11.0 Å². The number of hydrogen-bond acceptors (Lipinski definition) is 5. The topological polar surface area (TPSA) is 69.0 Å². The number of ether oxygens (including phenoxy) is 1. The van der Waals surface area contributed by atoms with Crippen LogP contribution in [-0.4, -0.2) is 40.1 Å². The first-order valence-electron chi connectivity index (χ1n) is 10.3. The number of aromatic nitrogens is 3. The smallest absolute Gasteiger partial charge is 0.230 e. The molecular weight excluding hydrogens is 408 g/mol. The zero-order valence-corrected chi connectivity index (χ0v) is 18.8. The van der Waals surface area contributed by atoms with Gasteiger partial charge in [-0.2, -0.15) is 0 Å². The quantitative estimate of drug-likeness (QED) is 0.353. The van der Waals surface area contributed by atoms with E-state index in [-0.39, 0.29) is 11.7 Å². The number of methoxy groups -OCH3 is 1. The van der Waals surface area contributed by atoms with Gasteiger partial charge in [-0.3, -0.25) is 9.36 Å². The monoisotopic (exact) mass is 436 g/mol. The molecule has 3 rings (SSSR count). The van der Waals surface area contributed by atoms with Gasteiger partial charge in [-0.05, 0) is 36.2 Å². The van der Waals surface area contributed by atoms with Gasteiger partial charge in [0.1, 0.15) is 5.75 Å². The second kappa shape index (κ2) is 11.4. The lowest BCUT2D eigenvalue weighted by molar-refractivity contribution is -0.118. The Morgan fingerprint density at radius 1 is 1.19 bits per heavy atom. The Hall–Kier alpha value is -3.06. The highest BCUT2D eigenvalue weighted by molar-refractivity contribution is 7.99.